The maximum atomic E-state index is 12.0. The van der Waals surface area contributed by atoms with E-state index in [4.69, 9.17) is 0 Å². The lowest BCUT2D eigenvalue weighted by Crippen LogP contribution is -2.29. The van der Waals surface area contributed by atoms with Crippen LogP contribution in [0.1, 0.15) is 32.0 Å². The molecular formula is C14H18N2O2S. The first kappa shape index (κ1) is 14.1. The summed E-state index contributed by atoms with van der Waals surface area (Å²) in [6.07, 6.45) is 2.28. The Balaban J connectivity index is 1.98. The molecule has 0 radical (unpaired) electrons. The zero-order valence-corrected chi connectivity index (χ0v) is 12.0. The average molecular weight is 278 g/mol. The third kappa shape index (κ3) is 3.56. The predicted molar refractivity (Wildman–Crippen MR) is 75.6 cm³/mol. The lowest BCUT2D eigenvalue weighted by molar-refractivity contribution is -0.129. The quantitative estimate of drug-likeness (QED) is 0.848. The molecule has 1 aromatic rings. The number of hydrogen-bond acceptors (Lipinski definition) is 4. The van der Waals surface area contributed by atoms with E-state index < -0.39 is 0 Å². The van der Waals surface area contributed by atoms with Gasteiger partial charge in [-0.3, -0.25) is 14.6 Å². The fraction of sp³-hybridized carbons (Fsp3) is 0.500. The SMILES string of the molecule is CC(=O)SCC1CC(=O)N([C@@H](C)c2ccccn2)C1. The van der Waals surface area contributed by atoms with Crippen molar-refractivity contribution >= 4 is 22.8 Å². The molecular weight excluding hydrogens is 260 g/mol. The fourth-order valence-corrected chi connectivity index (χ4v) is 3.01. The number of thioether (sulfide) groups is 1. The Labute approximate surface area is 117 Å². The molecule has 0 aliphatic carbocycles. The van der Waals surface area contributed by atoms with E-state index in [0.29, 0.717) is 6.42 Å². The van der Waals surface area contributed by atoms with E-state index in [1.165, 1.54) is 11.8 Å². The number of rotatable bonds is 4. The van der Waals surface area contributed by atoms with Gasteiger partial charge in [0, 0.05) is 31.8 Å². The molecule has 2 atom stereocenters. The lowest BCUT2D eigenvalue weighted by Gasteiger charge is -2.24. The maximum Gasteiger partial charge on any atom is 0.223 e. The van der Waals surface area contributed by atoms with E-state index in [0.717, 1.165) is 18.0 Å². The summed E-state index contributed by atoms with van der Waals surface area (Å²) in [6.45, 7) is 4.29. The van der Waals surface area contributed by atoms with Gasteiger partial charge in [-0.05, 0) is 25.0 Å². The van der Waals surface area contributed by atoms with Crippen molar-refractivity contribution in [2.45, 2.75) is 26.3 Å². The molecule has 2 rings (SSSR count). The Hall–Kier alpha value is -1.36. The van der Waals surface area contributed by atoms with Gasteiger partial charge >= 0.3 is 0 Å². The van der Waals surface area contributed by atoms with Gasteiger partial charge in [-0.15, -0.1) is 0 Å². The molecule has 1 fully saturated rings. The molecule has 1 aliphatic heterocycles. The van der Waals surface area contributed by atoms with Crippen molar-refractivity contribution in [3.05, 3.63) is 30.1 Å². The van der Waals surface area contributed by atoms with Crippen molar-refractivity contribution in [2.24, 2.45) is 5.92 Å². The first-order valence-electron chi connectivity index (χ1n) is 6.41. The zero-order valence-electron chi connectivity index (χ0n) is 11.2. The first-order valence-corrected chi connectivity index (χ1v) is 7.40. The minimum absolute atomic E-state index is 0.000952. The van der Waals surface area contributed by atoms with Gasteiger partial charge < -0.3 is 4.90 Å². The lowest BCUT2D eigenvalue weighted by atomic mass is 10.1. The fourth-order valence-electron chi connectivity index (χ4n) is 2.31. The van der Waals surface area contributed by atoms with Gasteiger partial charge in [-0.1, -0.05) is 17.8 Å². The summed E-state index contributed by atoms with van der Waals surface area (Å²) in [5.41, 5.74) is 0.913. The average Bonchev–Trinajstić information content (AvgIpc) is 2.78. The Morgan fingerprint density at radius 3 is 3.00 bits per heavy atom. The minimum atomic E-state index is 0.000952. The van der Waals surface area contributed by atoms with Crippen LogP contribution in [0.4, 0.5) is 0 Å². The van der Waals surface area contributed by atoms with Crippen molar-refractivity contribution in [3.8, 4) is 0 Å². The zero-order chi connectivity index (χ0) is 13.8. The van der Waals surface area contributed by atoms with Crippen LogP contribution in [-0.4, -0.2) is 33.2 Å². The van der Waals surface area contributed by atoms with E-state index in [1.807, 2.05) is 30.0 Å². The minimum Gasteiger partial charge on any atom is -0.334 e. The van der Waals surface area contributed by atoms with Crippen molar-refractivity contribution in [2.75, 3.05) is 12.3 Å². The standard InChI is InChI=1S/C14H18N2O2S/c1-10(13-5-3-4-6-15-13)16-8-12(7-14(16)18)9-19-11(2)17/h3-6,10,12H,7-9H2,1-2H3/t10-,12?/m0/s1. The third-order valence-corrected chi connectivity index (χ3v) is 4.39. The highest BCUT2D eigenvalue weighted by Gasteiger charge is 2.33. The molecule has 1 saturated heterocycles. The number of nitrogens with zero attached hydrogens (tertiary/aromatic N) is 2. The summed E-state index contributed by atoms with van der Waals surface area (Å²) < 4.78 is 0. The summed E-state index contributed by atoms with van der Waals surface area (Å²) in [5, 5.41) is 0.115. The van der Waals surface area contributed by atoms with Crippen molar-refractivity contribution in [1.29, 1.82) is 0 Å². The smallest absolute Gasteiger partial charge is 0.223 e. The summed E-state index contributed by atoms with van der Waals surface area (Å²) in [4.78, 5) is 29.2. The van der Waals surface area contributed by atoms with Gasteiger partial charge in [-0.25, -0.2) is 0 Å². The Morgan fingerprint density at radius 2 is 2.37 bits per heavy atom. The summed E-state index contributed by atoms with van der Waals surface area (Å²) in [5.74, 6) is 1.16. The second-order valence-corrected chi connectivity index (χ2v) is 6.05. The molecule has 0 saturated carbocycles. The molecule has 0 N–H and O–H groups in total. The van der Waals surface area contributed by atoms with Gasteiger partial charge in [0.15, 0.2) is 5.12 Å². The van der Waals surface area contributed by atoms with Gasteiger partial charge in [-0.2, -0.15) is 0 Å². The van der Waals surface area contributed by atoms with E-state index in [9.17, 15) is 9.59 Å². The number of pyridine rings is 1. The van der Waals surface area contributed by atoms with Crippen LogP contribution in [0.15, 0.2) is 24.4 Å². The van der Waals surface area contributed by atoms with Crippen LogP contribution in [0.2, 0.25) is 0 Å². The molecule has 102 valence electrons. The first-order chi connectivity index (χ1) is 9.08. The Kier molecular flexibility index (Phi) is 4.58. The van der Waals surface area contributed by atoms with Crippen LogP contribution >= 0.6 is 11.8 Å². The maximum absolute atomic E-state index is 12.0. The van der Waals surface area contributed by atoms with Gasteiger partial charge in [0.2, 0.25) is 5.91 Å². The molecule has 2 heterocycles. The molecule has 0 bridgehead atoms. The topological polar surface area (TPSA) is 50.3 Å². The van der Waals surface area contributed by atoms with Crippen LogP contribution in [0.5, 0.6) is 0 Å². The summed E-state index contributed by atoms with van der Waals surface area (Å²) in [6, 6.07) is 5.74. The molecule has 0 spiro atoms. The van der Waals surface area contributed by atoms with Crippen molar-refractivity contribution in [3.63, 3.8) is 0 Å². The van der Waals surface area contributed by atoms with Crippen LogP contribution in [0.25, 0.3) is 0 Å². The number of likely N-dealkylation sites (tertiary alicyclic amines) is 1. The van der Waals surface area contributed by atoms with Gasteiger partial charge in [0.25, 0.3) is 0 Å². The van der Waals surface area contributed by atoms with Crippen LogP contribution in [0, 0.1) is 5.92 Å². The molecule has 0 aromatic carbocycles. The monoisotopic (exact) mass is 278 g/mol. The number of carbonyl (C=O) groups excluding carboxylic acids is 2. The molecule has 1 aromatic heterocycles. The summed E-state index contributed by atoms with van der Waals surface area (Å²) >= 11 is 1.31. The highest BCUT2D eigenvalue weighted by atomic mass is 32.2. The number of aromatic nitrogens is 1. The Morgan fingerprint density at radius 1 is 1.58 bits per heavy atom. The normalized spacial score (nSPS) is 20.6. The van der Waals surface area contributed by atoms with E-state index in [2.05, 4.69) is 4.98 Å². The number of hydrogen-bond donors (Lipinski definition) is 0. The van der Waals surface area contributed by atoms with Crippen molar-refractivity contribution < 1.29 is 9.59 Å². The second kappa shape index (κ2) is 6.19. The molecule has 1 aliphatic rings. The van der Waals surface area contributed by atoms with Gasteiger partial charge in [0.05, 0.1) is 11.7 Å². The van der Waals surface area contributed by atoms with Gasteiger partial charge in [0.1, 0.15) is 0 Å². The molecule has 1 unspecified atom stereocenters. The second-order valence-electron chi connectivity index (χ2n) is 4.85. The number of amides is 1. The largest absolute Gasteiger partial charge is 0.334 e. The Bertz CT molecular complexity index is 464. The van der Waals surface area contributed by atoms with E-state index in [-0.39, 0.29) is 23.0 Å². The van der Waals surface area contributed by atoms with Crippen LogP contribution < -0.4 is 0 Å². The van der Waals surface area contributed by atoms with Crippen LogP contribution in [0.3, 0.4) is 0 Å². The number of carbonyl (C=O) groups is 2. The highest BCUT2D eigenvalue weighted by Crippen LogP contribution is 2.29. The summed E-state index contributed by atoms with van der Waals surface area (Å²) in [7, 11) is 0. The van der Waals surface area contributed by atoms with Crippen LogP contribution in [-0.2, 0) is 9.59 Å². The van der Waals surface area contributed by atoms with E-state index in [1.54, 1.807) is 13.1 Å². The molecule has 19 heavy (non-hydrogen) atoms. The highest BCUT2D eigenvalue weighted by molar-refractivity contribution is 8.13. The third-order valence-electron chi connectivity index (χ3n) is 3.34. The van der Waals surface area contributed by atoms with E-state index >= 15 is 0 Å². The predicted octanol–water partition coefficient (Wildman–Crippen LogP) is 2.27. The molecule has 4 nitrogen and oxygen atoms in total. The van der Waals surface area contributed by atoms with Crippen molar-refractivity contribution in [1.82, 2.24) is 9.88 Å². The molecule has 5 heteroatoms. The molecule has 1 amide bonds.